The van der Waals surface area contributed by atoms with Gasteiger partial charge in [0.2, 0.25) is 0 Å². The lowest BCUT2D eigenvalue weighted by atomic mass is 10.1. The molecule has 1 rings (SSSR count). The van der Waals surface area contributed by atoms with Gasteiger partial charge in [-0.2, -0.15) is 11.8 Å². The van der Waals surface area contributed by atoms with Gasteiger partial charge in [-0.1, -0.05) is 20.3 Å². The molecule has 1 aromatic heterocycles. The molecule has 110 valence electrons. The van der Waals surface area contributed by atoms with Crippen LogP contribution in [-0.4, -0.2) is 16.3 Å². The first-order valence-electron chi connectivity index (χ1n) is 7.26. The average molecular weight is 301 g/mol. The molecule has 0 aliphatic rings. The molecule has 0 fully saturated rings. The average Bonchev–Trinajstić information content (AvgIpc) is 2.69. The fraction of sp³-hybridized carbons (Fsp3) is 0.800. The van der Waals surface area contributed by atoms with Crippen molar-refractivity contribution in [1.29, 1.82) is 0 Å². The quantitative estimate of drug-likeness (QED) is 0.709. The SMILES string of the molecule is CCCSCc1nc(CCC)c(CNC(C)(C)C)s1. The van der Waals surface area contributed by atoms with Crippen molar-refractivity contribution < 1.29 is 0 Å². The Hall–Kier alpha value is -0.0600. The minimum absolute atomic E-state index is 0.171. The van der Waals surface area contributed by atoms with E-state index in [0.717, 1.165) is 18.7 Å². The Morgan fingerprint density at radius 3 is 2.53 bits per heavy atom. The van der Waals surface area contributed by atoms with Crippen molar-refractivity contribution in [2.75, 3.05) is 5.75 Å². The van der Waals surface area contributed by atoms with E-state index in [1.807, 2.05) is 23.1 Å². The molecular formula is C15H28N2S2. The van der Waals surface area contributed by atoms with Crippen molar-refractivity contribution >= 4 is 23.1 Å². The molecule has 0 radical (unpaired) electrons. The van der Waals surface area contributed by atoms with E-state index in [0.29, 0.717) is 0 Å². The van der Waals surface area contributed by atoms with Crippen molar-refractivity contribution in [1.82, 2.24) is 10.3 Å². The van der Waals surface area contributed by atoms with E-state index in [4.69, 9.17) is 4.98 Å². The molecule has 1 heterocycles. The zero-order valence-corrected chi connectivity index (χ0v) is 14.6. The molecule has 0 saturated carbocycles. The van der Waals surface area contributed by atoms with Gasteiger partial charge >= 0.3 is 0 Å². The maximum Gasteiger partial charge on any atom is 0.103 e. The maximum absolute atomic E-state index is 4.83. The zero-order chi connectivity index (χ0) is 14.3. The summed E-state index contributed by atoms with van der Waals surface area (Å²) in [5, 5.41) is 4.88. The third kappa shape index (κ3) is 6.77. The van der Waals surface area contributed by atoms with Gasteiger partial charge in [-0.15, -0.1) is 11.3 Å². The second kappa shape index (κ2) is 8.28. The molecule has 0 aliphatic heterocycles. The van der Waals surface area contributed by atoms with Gasteiger partial charge in [0, 0.05) is 22.7 Å². The van der Waals surface area contributed by atoms with Gasteiger partial charge in [0.05, 0.1) is 5.69 Å². The molecule has 1 N–H and O–H groups in total. The summed E-state index contributed by atoms with van der Waals surface area (Å²) in [6.45, 7) is 12.1. The molecule has 0 aromatic carbocycles. The molecule has 0 unspecified atom stereocenters. The molecule has 1 aromatic rings. The molecule has 0 spiro atoms. The number of aromatic nitrogens is 1. The number of nitrogens with one attached hydrogen (secondary N) is 1. The summed E-state index contributed by atoms with van der Waals surface area (Å²) in [7, 11) is 0. The minimum Gasteiger partial charge on any atom is -0.307 e. The summed E-state index contributed by atoms with van der Waals surface area (Å²) in [5.41, 5.74) is 1.49. The van der Waals surface area contributed by atoms with E-state index in [-0.39, 0.29) is 5.54 Å². The Kier molecular flexibility index (Phi) is 7.40. The molecule has 2 nitrogen and oxygen atoms in total. The monoisotopic (exact) mass is 300 g/mol. The third-order valence-corrected chi connectivity index (χ3v) is 5.12. The molecular weight excluding hydrogens is 272 g/mol. The lowest BCUT2D eigenvalue weighted by Crippen LogP contribution is -2.35. The number of nitrogens with zero attached hydrogens (tertiary/aromatic N) is 1. The van der Waals surface area contributed by atoms with Gasteiger partial charge in [0.25, 0.3) is 0 Å². The number of rotatable bonds is 8. The van der Waals surface area contributed by atoms with Crippen LogP contribution in [-0.2, 0) is 18.7 Å². The number of thiazole rings is 1. The Bertz CT molecular complexity index is 367. The van der Waals surface area contributed by atoms with E-state index in [1.54, 1.807) is 0 Å². The van der Waals surface area contributed by atoms with E-state index in [2.05, 4.69) is 39.9 Å². The van der Waals surface area contributed by atoms with Crippen LogP contribution in [0.4, 0.5) is 0 Å². The maximum atomic E-state index is 4.83. The van der Waals surface area contributed by atoms with Crippen LogP contribution >= 0.6 is 23.1 Å². The van der Waals surface area contributed by atoms with E-state index >= 15 is 0 Å². The highest BCUT2D eigenvalue weighted by atomic mass is 32.2. The lowest BCUT2D eigenvalue weighted by Gasteiger charge is -2.20. The Balaban J connectivity index is 2.65. The number of hydrogen-bond donors (Lipinski definition) is 1. The largest absolute Gasteiger partial charge is 0.307 e. The van der Waals surface area contributed by atoms with E-state index < -0.39 is 0 Å². The van der Waals surface area contributed by atoms with Crippen LogP contribution in [0.1, 0.15) is 63.0 Å². The number of hydrogen-bond acceptors (Lipinski definition) is 4. The summed E-state index contributed by atoms with van der Waals surface area (Å²) >= 11 is 3.89. The second-order valence-corrected chi connectivity index (χ2v) is 8.16. The van der Waals surface area contributed by atoms with Crippen molar-refractivity contribution in [2.45, 2.75) is 71.7 Å². The standard InChI is InChI=1S/C15H28N2S2/c1-6-8-12-13(10-16-15(3,4)5)19-14(17-12)11-18-9-7-2/h16H,6-11H2,1-5H3. The van der Waals surface area contributed by atoms with Crippen LogP contribution in [0.3, 0.4) is 0 Å². The molecule has 19 heavy (non-hydrogen) atoms. The highest BCUT2D eigenvalue weighted by molar-refractivity contribution is 7.98. The predicted octanol–water partition coefficient (Wildman–Crippen LogP) is 4.63. The van der Waals surface area contributed by atoms with Crippen molar-refractivity contribution in [2.24, 2.45) is 0 Å². The van der Waals surface area contributed by atoms with Crippen LogP contribution in [0.25, 0.3) is 0 Å². The topological polar surface area (TPSA) is 24.9 Å². The lowest BCUT2D eigenvalue weighted by molar-refractivity contribution is 0.425. The van der Waals surface area contributed by atoms with Crippen molar-refractivity contribution in [3.05, 3.63) is 15.6 Å². The summed E-state index contributed by atoms with van der Waals surface area (Å²) in [6.07, 6.45) is 3.53. The van der Waals surface area contributed by atoms with Gasteiger partial charge in [-0.05, 0) is 39.4 Å². The molecule has 4 heteroatoms. The van der Waals surface area contributed by atoms with Crippen LogP contribution in [0.2, 0.25) is 0 Å². The summed E-state index contributed by atoms with van der Waals surface area (Å²) in [4.78, 5) is 6.26. The van der Waals surface area contributed by atoms with Gasteiger partial charge in [-0.25, -0.2) is 4.98 Å². The molecule has 0 atom stereocenters. The first kappa shape index (κ1) is 17.0. The summed E-state index contributed by atoms with van der Waals surface area (Å²) in [5.74, 6) is 2.31. The van der Waals surface area contributed by atoms with Crippen LogP contribution < -0.4 is 5.32 Å². The van der Waals surface area contributed by atoms with Crippen molar-refractivity contribution in [3.63, 3.8) is 0 Å². The van der Waals surface area contributed by atoms with E-state index in [1.165, 1.54) is 34.2 Å². The number of aryl methyl sites for hydroxylation is 1. The van der Waals surface area contributed by atoms with Crippen molar-refractivity contribution in [3.8, 4) is 0 Å². The fourth-order valence-electron chi connectivity index (χ4n) is 1.72. The fourth-order valence-corrected chi connectivity index (χ4v) is 3.73. The van der Waals surface area contributed by atoms with E-state index in [9.17, 15) is 0 Å². The highest BCUT2D eigenvalue weighted by Crippen LogP contribution is 2.24. The van der Waals surface area contributed by atoms with Crippen LogP contribution in [0.5, 0.6) is 0 Å². The summed E-state index contributed by atoms with van der Waals surface area (Å²) < 4.78 is 0. The molecule has 0 amide bonds. The minimum atomic E-state index is 0.171. The van der Waals surface area contributed by atoms with Crippen LogP contribution in [0.15, 0.2) is 0 Å². The molecule has 0 saturated heterocycles. The first-order valence-corrected chi connectivity index (χ1v) is 9.23. The molecule has 0 bridgehead atoms. The van der Waals surface area contributed by atoms with Gasteiger partial charge < -0.3 is 5.32 Å². The third-order valence-electron chi connectivity index (χ3n) is 2.66. The smallest absolute Gasteiger partial charge is 0.103 e. The number of thioether (sulfide) groups is 1. The zero-order valence-electron chi connectivity index (χ0n) is 13.0. The Morgan fingerprint density at radius 2 is 1.95 bits per heavy atom. The normalized spacial score (nSPS) is 12.1. The Labute approximate surface area is 126 Å². The first-order chi connectivity index (χ1) is 8.96. The Morgan fingerprint density at radius 1 is 1.21 bits per heavy atom. The van der Waals surface area contributed by atoms with Gasteiger partial charge in [0.1, 0.15) is 5.01 Å². The second-order valence-electron chi connectivity index (χ2n) is 5.88. The summed E-state index contributed by atoms with van der Waals surface area (Å²) in [6, 6.07) is 0. The molecule has 0 aliphatic carbocycles. The predicted molar refractivity (Wildman–Crippen MR) is 89.2 cm³/mol. The van der Waals surface area contributed by atoms with Gasteiger partial charge in [-0.3, -0.25) is 0 Å². The van der Waals surface area contributed by atoms with Gasteiger partial charge in [0.15, 0.2) is 0 Å². The highest BCUT2D eigenvalue weighted by Gasteiger charge is 2.14. The van der Waals surface area contributed by atoms with Crippen LogP contribution in [0, 0.1) is 0 Å².